The fourth-order valence-corrected chi connectivity index (χ4v) is 4.22. The Morgan fingerprint density at radius 3 is 2.24 bits per heavy atom. The first-order valence-corrected chi connectivity index (χ1v) is 10.9. The molecule has 2 amide bonds. The smallest absolute Gasteiger partial charge is 0.253 e. The Hall–Kier alpha value is -3.80. The lowest BCUT2D eigenvalue weighted by molar-refractivity contribution is -0.120. The fourth-order valence-electron chi connectivity index (χ4n) is 4.22. The molecule has 0 radical (unpaired) electrons. The molecule has 4 rings (SSSR count). The zero-order valence-electron chi connectivity index (χ0n) is 19.3. The summed E-state index contributed by atoms with van der Waals surface area (Å²) in [5.41, 5.74) is 4.27. The monoisotopic (exact) mass is 444 g/mol. The van der Waals surface area contributed by atoms with Crippen LogP contribution in [-0.2, 0) is 10.2 Å². The average molecular weight is 445 g/mol. The van der Waals surface area contributed by atoms with Gasteiger partial charge in [-0.2, -0.15) is 0 Å². The van der Waals surface area contributed by atoms with Crippen LogP contribution < -0.4 is 4.90 Å². The number of likely N-dealkylation sites (N-methyl/N-ethyl adjacent to an activating group) is 1. The lowest BCUT2D eigenvalue weighted by Gasteiger charge is -2.25. The third kappa shape index (κ3) is 4.04. The number of nitrogens with zero attached hydrogens (tertiary/aromatic N) is 2. The molecule has 1 fully saturated rings. The lowest BCUT2D eigenvalue weighted by atomic mass is 9.93. The summed E-state index contributed by atoms with van der Waals surface area (Å²) in [6, 6.07) is 17.9. The molecule has 0 aromatic heterocycles. The third-order valence-electron chi connectivity index (χ3n) is 6.43. The van der Waals surface area contributed by atoms with E-state index in [-0.39, 0.29) is 23.3 Å². The molecule has 6 heteroatoms. The number of rotatable bonds is 5. The number of phenolic OH excluding ortho intramolecular Hbond substituents is 2. The lowest BCUT2D eigenvalue weighted by Crippen LogP contribution is -2.36. The summed E-state index contributed by atoms with van der Waals surface area (Å²) < 4.78 is 0. The number of aromatic hydroxyl groups is 2. The maximum Gasteiger partial charge on any atom is 0.253 e. The Kier molecular flexibility index (Phi) is 5.62. The van der Waals surface area contributed by atoms with Gasteiger partial charge in [-0.3, -0.25) is 9.59 Å². The quantitative estimate of drug-likeness (QED) is 0.569. The molecule has 0 atom stereocenters. The summed E-state index contributed by atoms with van der Waals surface area (Å²) in [5.74, 6) is -0.544. The van der Waals surface area contributed by atoms with E-state index >= 15 is 0 Å². The molecule has 2 N–H and O–H groups in total. The van der Waals surface area contributed by atoms with Gasteiger partial charge >= 0.3 is 0 Å². The third-order valence-corrected chi connectivity index (χ3v) is 6.43. The van der Waals surface area contributed by atoms with E-state index < -0.39 is 5.41 Å². The van der Waals surface area contributed by atoms with Crippen molar-refractivity contribution in [3.8, 4) is 22.6 Å². The molecule has 33 heavy (non-hydrogen) atoms. The van der Waals surface area contributed by atoms with E-state index in [0.29, 0.717) is 24.0 Å². The normalized spacial score (nSPS) is 13.9. The number of benzene rings is 3. The predicted octanol–water partition coefficient (Wildman–Crippen LogP) is 4.47. The number of hydrogen-bond donors (Lipinski definition) is 2. The first-order chi connectivity index (χ1) is 15.6. The minimum Gasteiger partial charge on any atom is -0.504 e. The zero-order valence-corrected chi connectivity index (χ0v) is 19.3. The van der Waals surface area contributed by atoms with E-state index in [0.717, 1.165) is 22.4 Å². The van der Waals surface area contributed by atoms with Crippen LogP contribution in [0.3, 0.4) is 0 Å². The topological polar surface area (TPSA) is 81.1 Å². The van der Waals surface area contributed by atoms with Crippen LogP contribution in [0.25, 0.3) is 11.1 Å². The summed E-state index contributed by atoms with van der Waals surface area (Å²) in [5, 5.41) is 19.6. The number of hydrogen-bond acceptors (Lipinski definition) is 4. The maximum absolute atomic E-state index is 13.5. The van der Waals surface area contributed by atoms with Crippen LogP contribution in [-0.4, -0.2) is 48.1 Å². The first kappa shape index (κ1) is 22.4. The second kappa shape index (κ2) is 8.28. The second-order valence-electron chi connectivity index (χ2n) is 8.93. The Balaban J connectivity index is 1.67. The molecule has 0 unspecified atom stereocenters. The Morgan fingerprint density at radius 2 is 1.61 bits per heavy atom. The van der Waals surface area contributed by atoms with E-state index in [1.807, 2.05) is 43.3 Å². The molecule has 6 nitrogen and oxygen atoms in total. The highest BCUT2D eigenvalue weighted by molar-refractivity contribution is 6.03. The number of aryl methyl sites for hydroxylation is 1. The molecule has 1 saturated carbocycles. The van der Waals surface area contributed by atoms with Crippen molar-refractivity contribution in [3.63, 3.8) is 0 Å². The summed E-state index contributed by atoms with van der Waals surface area (Å²) in [6.07, 6.45) is 1.38. The van der Waals surface area contributed by atoms with Crippen LogP contribution in [0.2, 0.25) is 0 Å². The van der Waals surface area contributed by atoms with Gasteiger partial charge in [0.2, 0.25) is 5.91 Å². The SMILES string of the molecule is Cc1ccc(N(C)C(=O)C2(c3ccc(O)c(O)c3)CC2)cc1-c1cccc(C(=O)N(C)C)c1. The van der Waals surface area contributed by atoms with Crippen LogP contribution in [0.4, 0.5) is 5.69 Å². The molecule has 3 aromatic carbocycles. The summed E-state index contributed by atoms with van der Waals surface area (Å²) >= 11 is 0. The number of anilines is 1. The largest absolute Gasteiger partial charge is 0.504 e. The molecule has 1 aliphatic carbocycles. The van der Waals surface area contributed by atoms with Crippen molar-refractivity contribution in [1.29, 1.82) is 0 Å². The van der Waals surface area contributed by atoms with Gasteiger partial charge in [-0.1, -0.05) is 24.3 Å². The van der Waals surface area contributed by atoms with Crippen LogP contribution >= 0.6 is 0 Å². The highest BCUT2D eigenvalue weighted by Gasteiger charge is 2.53. The van der Waals surface area contributed by atoms with Gasteiger partial charge in [-0.25, -0.2) is 0 Å². The molecular weight excluding hydrogens is 416 g/mol. The number of carbonyl (C=O) groups excluding carboxylic acids is 2. The number of phenols is 2. The van der Waals surface area contributed by atoms with Gasteiger partial charge in [-0.05, 0) is 78.4 Å². The summed E-state index contributed by atoms with van der Waals surface area (Å²) in [4.78, 5) is 29.1. The molecule has 0 heterocycles. The Morgan fingerprint density at radius 1 is 0.879 bits per heavy atom. The predicted molar refractivity (Wildman–Crippen MR) is 129 cm³/mol. The summed E-state index contributed by atoms with van der Waals surface area (Å²) in [6.45, 7) is 2.00. The Labute approximate surface area is 193 Å². The van der Waals surface area contributed by atoms with Crippen LogP contribution in [0.15, 0.2) is 60.7 Å². The second-order valence-corrected chi connectivity index (χ2v) is 8.93. The standard InChI is InChI=1S/C27H28N2O4/c1-17-8-10-21(16-22(17)18-6-5-7-19(14-18)25(32)28(2)3)29(4)26(33)27(12-13-27)20-9-11-23(30)24(31)15-20/h5-11,14-16,30-31H,12-13H2,1-4H3. The van der Waals surface area contributed by atoms with Gasteiger partial charge in [0, 0.05) is 32.4 Å². The van der Waals surface area contributed by atoms with Gasteiger partial charge in [0.05, 0.1) is 5.41 Å². The van der Waals surface area contributed by atoms with Crippen molar-refractivity contribution in [2.24, 2.45) is 0 Å². The molecule has 170 valence electrons. The minimum atomic E-state index is -0.691. The molecule has 0 bridgehead atoms. The molecule has 3 aromatic rings. The van der Waals surface area contributed by atoms with Gasteiger partial charge < -0.3 is 20.0 Å². The van der Waals surface area contributed by atoms with Crippen LogP contribution in [0.1, 0.15) is 34.3 Å². The molecule has 0 saturated heterocycles. The number of carbonyl (C=O) groups is 2. The van der Waals surface area contributed by atoms with Crippen molar-refractivity contribution in [2.45, 2.75) is 25.2 Å². The van der Waals surface area contributed by atoms with Crippen molar-refractivity contribution < 1.29 is 19.8 Å². The van der Waals surface area contributed by atoms with Crippen molar-refractivity contribution in [3.05, 3.63) is 77.4 Å². The maximum atomic E-state index is 13.5. The van der Waals surface area contributed by atoms with Crippen molar-refractivity contribution >= 4 is 17.5 Å². The van der Waals surface area contributed by atoms with E-state index in [2.05, 4.69) is 0 Å². The highest BCUT2D eigenvalue weighted by atomic mass is 16.3. The molecule has 0 spiro atoms. The van der Waals surface area contributed by atoms with Gasteiger partial charge in [0.15, 0.2) is 11.5 Å². The van der Waals surface area contributed by atoms with Gasteiger partial charge in [-0.15, -0.1) is 0 Å². The van der Waals surface area contributed by atoms with E-state index in [1.54, 1.807) is 43.1 Å². The van der Waals surface area contributed by atoms with Gasteiger partial charge in [0.1, 0.15) is 0 Å². The van der Waals surface area contributed by atoms with Gasteiger partial charge in [0.25, 0.3) is 5.91 Å². The summed E-state index contributed by atoms with van der Waals surface area (Å²) in [7, 11) is 5.20. The van der Waals surface area contributed by atoms with E-state index in [9.17, 15) is 19.8 Å². The van der Waals surface area contributed by atoms with Crippen molar-refractivity contribution in [2.75, 3.05) is 26.0 Å². The van der Waals surface area contributed by atoms with E-state index in [4.69, 9.17) is 0 Å². The highest BCUT2D eigenvalue weighted by Crippen LogP contribution is 2.51. The number of amides is 2. The van der Waals surface area contributed by atoms with Crippen LogP contribution in [0, 0.1) is 6.92 Å². The zero-order chi connectivity index (χ0) is 23.9. The Bertz CT molecular complexity index is 1240. The molecular formula is C27H28N2O4. The molecule has 0 aliphatic heterocycles. The van der Waals surface area contributed by atoms with Crippen molar-refractivity contribution in [1.82, 2.24) is 4.90 Å². The van der Waals surface area contributed by atoms with Crippen LogP contribution in [0.5, 0.6) is 11.5 Å². The van der Waals surface area contributed by atoms with E-state index in [1.165, 1.54) is 12.1 Å². The average Bonchev–Trinajstić information content (AvgIpc) is 3.61. The minimum absolute atomic E-state index is 0.0565. The molecule has 1 aliphatic rings. The fraction of sp³-hybridized carbons (Fsp3) is 0.259. The first-order valence-electron chi connectivity index (χ1n) is 10.9.